The molecule has 6 heteroatoms. The molecule has 0 heterocycles. The molecule has 2 aromatic carbocycles. The summed E-state index contributed by atoms with van der Waals surface area (Å²) in [5.41, 5.74) is 1.51. The van der Waals surface area contributed by atoms with Crippen LogP contribution in [0.15, 0.2) is 42.5 Å². The molecule has 2 amide bonds. The topological polar surface area (TPSA) is 58.2 Å². The van der Waals surface area contributed by atoms with Gasteiger partial charge >= 0.3 is 0 Å². The summed E-state index contributed by atoms with van der Waals surface area (Å²) in [6, 6.07) is 11.3. The Morgan fingerprint density at radius 1 is 0.917 bits per heavy atom. The molecule has 0 bridgehead atoms. The van der Waals surface area contributed by atoms with Gasteiger partial charge in [-0.3, -0.25) is 9.59 Å². The maximum absolute atomic E-state index is 12.2. The Kier molecular flexibility index (Phi) is 6.23. The lowest BCUT2D eigenvalue weighted by atomic mass is 10.1. The van der Waals surface area contributed by atoms with Gasteiger partial charge in [-0.25, -0.2) is 0 Å². The molecule has 0 radical (unpaired) electrons. The quantitative estimate of drug-likeness (QED) is 0.812. The van der Waals surface area contributed by atoms with Crippen LogP contribution in [0.3, 0.4) is 0 Å². The second-order valence-electron chi connectivity index (χ2n) is 5.76. The van der Waals surface area contributed by atoms with Gasteiger partial charge < -0.3 is 10.6 Å². The first kappa shape index (κ1) is 18.3. The highest BCUT2D eigenvalue weighted by atomic mass is 35.5. The van der Waals surface area contributed by atoms with Crippen molar-refractivity contribution in [2.45, 2.75) is 13.8 Å². The van der Waals surface area contributed by atoms with Gasteiger partial charge in [-0.05, 0) is 48.4 Å². The van der Waals surface area contributed by atoms with Gasteiger partial charge in [-0.15, -0.1) is 0 Å². The van der Waals surface area contributed by atoms with Crippen LogP contribution in [-0.4, -0.2) is 18.4 Å². The first-order chi connectivity index (χ1) is 11.4. The van der Waals surface area contributed by atoms with Crippen LogP contribution in [-0.2, 0) is 0 Å². The first-order valence-electron chi connectivity index (χ1n) is 7.51. The number of rotatable bonds is 5. The van der Waals surface area contributed by atoms with Crippen LogP contribution in [0, 0.1) is 5.92 Å². The predicted octanol–water partition coefficient (Wildman–Crippen LogP) is 4.63. The summed E-state index contributed by atoms with van der Waals surface area (Å²) in [7, 11) is 0. The van der Waals surface area contributed by atoms with E-state index >= 15 is 0 Å². The van der Waals surface area contributed by atoms with Crippen LogP contribution in [0.5, 0.6) is 0 Å². The minimum absolute atomic E-state index is 0.153. The van der Waals surface area contributed by atoms with Crippen molar-refractivity contribution in [3.8, 4) is 0 Å². The smallest absolute Gasteiger partial charge is 0.255 e. The Morgan fingerprint density at radius 3 is 2.04 bits per heavy atom. The van der Waals surface area contributed by atoms with Crippen LogP contribution in [0.4, 0.5) is 5.69 Å². The number of hydrogen-bond acceptors (Lipinski definition) is 2. The maximum atomic E-state index is 12.2. The van der Waals surface area contributed by atoms with Crippen molar-refractivity contribution >= 4 is 40.7 Å². The first-order valence-corrected chi connectivity index (χ1v) is 8.27. The molecular formula is C18H18Cl2N2O2. The molecule has 0 aliphatic heterocycles. The van der Waals surface area contributed by atoms with E-state index in [9.17, 15) is 9.59 Å². The summed E-state index contributed by atoms with van der Waals surface area (Å²) in [5.74, 6) is -0.0622. The molecule has 0 aliphatic rings. The number of anilines is 1. The molecule has 0 atom stereocenters. The molecule has 0 saturated heterocycles. The monoisotopic (exact) mass is 364 g/mol. The Balaban J connectivity index is 2.02. The molecule has 126 valence electrons. The van der Waals surface area contributed by atoms with Crippen molar-refractivity contribution in [2.24, 2.45) is 5.92 Å². The zero-order chi connectivity index (χ0) is 17.7. The van der Waals surface area contributed by atoms with E-state index in [1.165, 1.54) is 0 Å². The Hall–Kier alpha value is -2.04. The maximum Gasteiger partial charge on any atom is 0.255 e. The van der Waals surface area contributed by atoms with E-state index in [1.807, 2.05) is 13.8 Å². The van der Waals surface area contributed by atoms with Crippen molar-refractivity contribution < 1.29 is 9.59 Å². The van der Waals surface area contributed by atoms with Crippen LogP contribution < -0.4 is 10.6 Å². The molecule has 0 unspecified atom stereocenters. The number of benzene rings is 2. The molecule has 24 heavy (non-hydrogen) atoms. The van der Waals surface area contributed by atoms with Gasteiger partial charge in [-0.1, -0.05) is 37.0 Å². The molecule has 0 fully saturated rings. The van der Waals surface area contributed by atoms with Gasteiger partial charge in [0.25, 0.3) is 11.8 Å². The van der Waals surface area contributed by atoms with E-state index in [0.717, 1.165) is 0 Å². The van der Waals surface area contributed by atoms with Crippen LogP contribution in [0.25, 0.3) is 0 Å². The number of hydrogen-bond donors (Lipinski definition) is 2. The second kappa shape index (κ2) is 8.18. The molecule has 4 nitrogen and oxygen atoms in total. The van der Waals surface area contributed by atoms with E-state index in [0.29, 0.717) is 39.3 Å². The van der Waals surface area contributed by atoms with Crippen molar-refractivity contribution in [2.75, 3.05) is 11.9 Å². The van der Waals surface area contributed by atoms with Crippen molar-refractivity contribution in [1.82, 2.24) is 5.32 Å². The Morgan fingerprint density at radius 2 is 1.50 bits per heavy atom. The van der Waals surface area contributed by atoms with E-state index in [4.69, 9.17) is 23.2 Å². The second-order valence-corrected chi connectivity index (χ2v) is 6.58. The largest absolute Gasteiger partial charge is 0.352 e. The lowest BCUT2D eigenvalue weighted by molar-refractivity contribution is 0.0947. The zero-order valence-corrected chi connectivity index (χ0v) is 14.9. The summed E-state index contributed by atoms with van der Waals surface area (Å²) in [6.07, 6.45) is 0. The van der Waals surface area contributed by atoms with Gasteiger partial charge in [0.2, 0.25) is 0 Å². The molecule has 0 aromatic heterocycles. The number of carbonyl (C=O) groups excluding carboxylic acids is 2. The van der Waals surface area contributed by atoms with Crippen LogP contribution in [0.1, 0.15) is 34.6 Å². The van der Waals surface area contributed by atoms with E-state index in [1.54, 1.807) is 42.5 Å². The third-order valence-corrected chi connectivity index (χ3v) is 4.00. The molecule has 0 spiro atoms. The molecule has 2 rings (SSSR count). The molecule has 2 aromatic rings. The summed E-state index contributed by atoms with van der Waals surface area (Å²) in [4.78, 5) is 24.2. The van der Waals surface area contributed by atoms with Gasteiger partial charge in [-0.2, -0.15) is 0 Å². The van der Waals surface area contributed by atoms with Gasteiger partial charge in [0.1, 0.15) is 0 Å². The average Bonchev–Trinajstić information content (AvgIpc) is 2.56. The van der Waals surface area contributed by atoms with E-state index in [-0.39, 0.29) is 11.8 Å². The summed E-state index contributed by atoms with van der Waals surface area (Å²) in [5, 5.41) is 6.35. The molecule has 0 aliphatic carbocycles. The molecular weight excluding hydrogens is 347 g/mol. The van der Waals surface area contributed by atoms with Gasteiger partial charge in [0.05, 0.1) is 10.0 Å². The van der Waals surface area contributed by atoms with Gasteiger partial charge in [0.15, 0.2) is 0 Å². The predicted molar refractivity (Wildman–Crippen MR) is 98.0 cm³/mol. The molecule has 0 saturated carbocycles. The summed E-state index contributed by atoms with van der Waals surface area (Å²) >= 11 is 11.8. The van der Waals surface area contributed by atoms with Crippen LogP contribution in [0.2, 0.25) is 10.0 Å². The van der Waals surface area contributed by atoms with Crippen molar-refractivity contribution in [1.29, 1.82) is 0 Å². The van der Waals surface area contributed by atoms with Gasteiger partial charge in [0, 0.05) is 23.4 Å². The standard InChI is InChI=1S/C18H18Cl2N2O2/c1-11(2)10-21-17(23)12-3-5-13(6-4-12)18(24)22-14-7-8-15(19)16(20)9-14/h3-9,11H,10H2,1-2H3,(H,21,23)(H,22,24). The number of halogens is 2. The SMILES string of the molecule is CC(C)CNC(=O)c1ccc(C(=O)Nc2ccc(Cl)c(Cl)c2)cc1. The fourth-order valence-electron chi connectivity index (χ4n) is 1.95. The Bertz CT molecular complexity index is 743. The van der Waals surface area contributed by atoms with Crippen molar-refractivity contribution in [3.63, 3.8) is 0 Å². The third-order valence-electron chi connectivity index (χ3n) is 3.26. The fourth-order valence-corrected chi connectivity index (χ4v) is 2.25. The van der Waals surface area contributed by atoms with E-state index < -0.39 is 0 Å². The third kappa shape index (κ3) is 4.98. The lowest BCUT2D eigenvalue weighted by Crippen LogP contribution is -2.27. The normalized spacial score (nSPS) is 10.5. The summed E-state index contributed by atoms with van der Waals surface area (Å²) < 4.78 is 0. The van der Waals surface area contributed by atoms with Crippen LogP contribution >= 0.6 is 23.2 Å². The lowest BCUT2D eigenvalue weighted by Gasteiger charge is -2.09. The average molecular weight is 365 g/mol. The highest BCUT2D eigenvalue weighted by molar-refractivity contribution is 6.42. The summed E-state index contributed by atoms with van der Waals surface area (Å²) in [6.45, 7) is 4.66. The number of amides is 2. The minimum Gasteiger partial charge on any atom is -0.352 e. The fraction of sp³-hybridized carbons (Fsp3) is 0.222. The highest BCUT2D eigenvalue weighted by Gasteiger charge is 2.10. The van der Waals surface area contributed by atoms with Crippen molar-refractivity contribution in [3.05, 3.63) is 63.6 Å². The highest BCUT2D eigenvalue weighted by Crippen LogP contribution is 2.25. The molecule has 2 N–H and O–H groups in total. The number of nitrogens with one attached hydrogen (secondary N) is 2. The number of carbonyl (C=O) groups is 2. The Labute approximate surface area is 151 Å². The minimum atomic E-state index is -0.289. The van der Waals surface area contributed by atoms with E-state index in [2.05, 4.69) is 10.6 Å². The zero-order valence-electron chi connectivity index (χ0n) is 13.4.